The lowest BCUT2D eigenvalue weighted by Gasteiger charge is -2.15. The Bertz CT molecular complexity index is 719. The zero-order valence-electron chi connectivity index (χ0n) is 11.0. The van der Waals surface area contributed by atoms with Gasteiger partial charge in [0, 0.05) is 24.6 Å². The Hall–Kier alpha value is -2.18. The van der Waals surface area contributed by atoms with E-state index in [-0.39, 0.29) is 22.4 Å². The third-order valence-corrected chi connectivity index (χ3v) is 3.06. The Kier molecular flexibility index (Phi) is 3.37. The molecule has 0 aliphatic heterocycles. The Balaban J connectivity index is 2.97. The van der Waals surface area contributed by atoms with Crippen molar-refractivity contribution >= 4 is 10.9 Å². The van der Waals surface area contributed by atoms with Gasteiger partial charge in [-0.2, -0.15) is 13.2 Å². The fraction of sp³-hybridized carbons (Fsp3) is 0.308. The Morgan fingerprint density at radius 2 is 1.60 bits per heavy atom. The number of pyridine rings is 1. The van der Waals surface area contributed by atoms with Crippen LogP contribution in [-0.4, -0.2) is 18.8 Å². The van der Waals surface area contributed by atoms with Crippen molar-refractivity contribution in [2.45, 2.75) is 6.18 Å². The van der Waals surface area contributed by atoms with Crippen LogP contribution in [0, 0.1) is 0 Å². The molecule has 1 heterocycles. The molecular formula is C13H12F3NO3. The van der Waals surface area contributed by atoms with Crippen LogP contribution in [0.1, 0.15) is 5.56 Å². The van der Waals surface area contributed by atoms with Gasteiger partial charge in [-0.25, -0.2) is 0 Å². The SMILES string of the molecule is COc1cc2c(C(F)(F)F)cc(=O)n(C)c2cc1OC. The Morgan fingerprint density at radius 3 is 2.10 bits per heavy atom. The molecule has 0 unspecified atom stereocenters. The minimum Gasteiger partial charge on any atom is -0.493 e. The van der Waals surface area contributed by atoms with Crippen molar-refractivity contribution in [2.24, 2.45) is 7.05 Å². The van der Waals surface area contributed by atoms with Gasteiger partial charge in [-0.05, 0) is 6.07 Å². The number of methoxy groups -OCH3 is 2. The molecule has 0 atom stereocenters. The largest absolute Gasteiger partial charge is 0.493 e. The van der Waals surface area contributed by atoms with Gasteiger partial charge in [-0.1, -0.05) is 0 Å². The summed E-state index contributed by atoms with van der Waals surface area (Å²) in [5.74, 6) is 0.429. The maximum atomic E-state index is 13.0. The first-order valence-electron chi connectivity index (χ1n) is 5.62. The second-order valence-electron chi connectivity index (χ2n) is 4.18. The number of nitrogens with zero attached hydrogens (tertiary/aromatic N) is 1. The van der Waals surface area contributed by atoms with Crippen molar-refractivity contribution in [3.63, 3.8) is 0 Å². The van der Waals surface area contributed by atoms with Crippen molar-refractivity contribution in [1.29, 1.82) is 0 Å². The monoisotopic (exact) mass is 287 g/mol. The number of aryl methyl sites for hydroxylation is 1. The molecular weight excluding hydrogens is 275 g/mol. The highest BCUT2D eigenvalue weighted by Gasteiger charge is 2.34. The minimum atomic E-state index is -4.62. The van der Waals surface area contributed by atoms with E-state index >= 15 is 0 Å². The number of ether oxygens (including phenoxy) is 2. The second kappa shape index (κ2) is 4.73. The van der Waals surface area contributed by atoms with Crippen LogP contribution in [0.2, 0.25) is 0 Å². The van der Waals surface area contributed by atoms with E-state index in [1.54, 1.807) is 0 Å². The molecule has 0 N–H and O–H groups in total. The summed E-state index contributed by atoms with van der Waals surface area (Å²) >= 11 is 0. The van der Waals surface area contributed by atoms with Crippen molar-refractivity contribution < 1.29 is 22.6 Å². The van der Waals surface area contributed by atoms with Gasteiger partial charge in [0.1, 0.15) is 0 Å². The maximum Gasteiger partial charge on any atom is 0.417 e. The zero-order valence-corrected chi connectivity index (χ0v) is 11.0. The fourth-order valence-electron chi connectivity index (χ4n) is 2.01. The summed E-state index contributed by atoms with van der Waals surface area (Å²) in [6.45, 7) is 0. The molecule has 20 heavy (non-hydrogen) atoms. The van der Waals surface area contributed by atoms with Crippen LogP contribution >= 0.6 is 0 Å². The molecule has 4 nitrogen and oxygen atoms in total. The first kappa shape index (κ1) is 14.2. The van der Waals surface area contributed by atoms with Crippen LogP contribution in [-0.2, 0) is 13.2 Å². The summed E-state index contributed by atoms with van der Waals surface area (Å²) in [4.78, 5) is 11.6. The highest BCUT2D eigenvalue weighted by Crippen LogP contribution is 2.38. The fourth-order valence-corrected chi connectivity index (χ4v) is 2.01. The van der Waals surface area contributed by atoms with Gasteiger partial charge in [0.25, 0.3) is 5.56 Å². The lowest BCUT2D eigenvalue weighted by atomic mass is 10.1. The molecule has 1 aromatic heterocycles. The highest BCUT2D eigenvalue weighted by atomic mass is 19.4. The molecule has 0 spiro atoms. The predicted molar refractivity (Wildman–Crippen MR) is 67.3 cm³/mol. The van der Waals surface area contributed by atoms with Crippen LogP contribution in [0.25, 0.3) is 10.9 Å². The molecule has 108 valence electrons. The van der Waals surface area contributed by atoms with Crippen molar-refractivity contribution in [2.75, 3.05) is 14.2 Å². The first-order chi connectivity index (χ1) is 9.29. The number of alkyl halides is 3. The molecule has 0 bridgehead atoms. The summed E-state index contributed by atoms with van der Waals surface area (Å²) in [5, 5.41) is -0.114. The minimum absolute atomic E-state index is 0.114. The summed E-state index contributed by atoms with van der Waals surface area (Å²) in [5.41, 5.74) is -1.60. The number of fused-ring (bicyclic) bond motifs is 1. The van der Waals surface area contributed by atoms with Crippen molar-refractivity contribution in [1.82, 2.24) is 4.57 Å². The number of halogens is 3. The van der Waals surface area contributed by atoms with E-state index in [0.717, 1.165) is 4.57 Å². The topological polar surface area (TPSA) is 40.5 Å². The molecule has 0 saturated heterocycles. The normalized spacial score (nSPS) is 11.7. The smallest absolute Gasteiger partial charge is 0.417 e. The average molecular weight is 287 g/mol. The third kappa shape index (κ3) is 2.19. The van der Waals surface area contributed by atoms with Gasteiger partial charge in [-0.15, -0.1) is 0 Å². The Labute approximate surface area is 112 Å². The number of hydrogen-bond donors (Lipinski definition) is 0. The molecule has 1 aromatic carbocycles. The van der Waals surface area contributed by atoms with Crippen LogP contribution in [0.15, 0.2) is 23.0 Å². The molecule has 0 aliphatic rings. The van der Waals surface area contributed by atoms with Crippen molar-refractivity contribution in [3.05, 3.63) is 34.1 Å². The highest BCUT2D eigenvalue weighted by molar-refractivity contribution is 5.86. The Morgan fingerprint density at radius 1 is 1.05 bits per heavy atom. The van der Waals surface area contributed by atoms with Gasteiger partial charge in [-0.3, -0.25) is 4.79 Å². The quantitative estimate of drug-likeness (QED) is 0.852. The molecule has 0 fully saturated rings. The van der Waals surface area contributed by atoms with Crippen LogP contribution in [0.4, 0.5) is 13.2 Å². The first-order valence-corrected chi connectivity index (χ1v) is 5.62. The van der Waals surface area contributed by atoms with Gasteiger partial charge in [0.2, 0.25) is 0 Å². The van der Waals surface area contributed by atoms with Crippen LogP contribution in [0.3, 0.4) is 0 Å². The number of benzene rings is 1. The number of rotatable bonds is 2. The van der Waals surface area contributed by atoms with E-state index in [4.69, 9.17) is 9.47 Å². The van der Waals surface area contributed by atoms with E-state index in [1.807, 2.05) is 0 Å². The van der Waals surface area contributed by atoms with Gasteiger partial charge < -0.3 is 14.0 Å². The second-order valence-corrected chi connectivity index (χ2v) is 4.18. The van der Waals surface area contributed by atoms with Gasteiger partial charge >= 0.3 is 6.18 Å². The lowest BCUT2D eigenvalue weighted by Crippen LogP contribution is -2.20. The maximum absolute atomic E-state index is 13.0. The van der Waals surface area contributed by atoms with E-state index < -0.39 is 17.3 Å². The molecule has 0 amide bonds. The summed E-state index contributed by atoms with van der Waals surface area (Å²) in [7, 11) is 4.10. The molecule has 0 aliphatic carbocycles. The van der Waals surface area contributed by atoms with E-state index in [2.05, 4.69) is 0 Å². The lowest BCUT2D eigenvalue weighted by molar-refractivity contribution is -0.136. The average Bonchev–Trinajstić information content (AvgIpc) is 2.40. The molecule has 7 heteroatoms. The van der Waals surface area contributed by atoms with Gasteiger partial charge in [0.05, 0.1) is 25.3 Å². The van der Waals surface area contributed by atoms with E-state index in [9.17, 15) is 18.0 Å². The van der Waals surface area contributed by atoms with Crippen LogP contribution < -0.4 is 15.0 Å². The van der Waals surface area contributed by atoms with Gasteiger partial charge in [0.15, 0.2) is 11.5 Å². The summed E-state index contributed by atoms with van der Waals surface area (Å²) < 4.78 is 50.3. The number of aromatic nitrogens is 1. The predicted octanol–water partition coefficient (Wildman–Crippen LogP) is 2.57. The van der Waals surface area contributed by atoms with Crippen molar-refractivity contribution in [3.8, 4) is 11.5 Å². The standard InChI is InChI=1S/C13H12F3NO3/c1-17-9-6-11(20-3)10(19-2)4-7(9)8(5-12(17)18)13(14,15)16/h4-6H,1-3H3. The molecule has 0 radical (unpaired) electrons. The number of hydrogen-bond acceptors (Lipinski definition) is 3. The van der Waals surface area contributed by atoms with E-state index in [0.29, 0.717) is 6.07 Å². The third-order valence-electron chi connectivity index (χ3n) is 3.06. The molecule has 2 rings (SSSR count). The summed E-state index contributed by atoms with van der Waals surface area (Å²) in [6.07, 6.45) is -4.62. The zero-order chi connectivity index (χ0) is 15.1. The summed E-state index contributed by atoms with van der Waals surface area (Å²) in [6, 6.07) is 3.15. The van der Waals surface area contributed by atoms with Crippen LogP contribution in [0.5, 0.6) is 11.5 Å². The molecule has 0 saturated carbocycles. The van der Waals surface area contributed by atoms with E-state index in [1.165, 1.54) is 33.4 Å². The molecule has 2 aromatic rings.